The van der Waals surface area contributed by atoms with E-state index in [1.54, 1.807) is 13.8 Å². The molecular weight excluding hydrogens is 172 g/mol. The molecule has 13 heavy (non-hydrogen) atoms. The molecule has 0 aliphatic rings. The summed E-state index contributed by atoms with van der Waals surface area (Å²) in [6.45, 7) is 6.51. The number of hydrogen-bond acceptors (Lipinski definition) is 3. The van der Waals surface area contributed by atoms with Gasteiger partial charge >= 0.3 is 11.9 Å². The molecule has 4 nitrogen and oxygen atoms in total. The van der Waals surface area contributed by atoms with Gasteiger partial charge in [-0.25, -0.2) is 4.79 Å². The number of carbonyl (C=O) groups excluding carboxylic acids is 1. The van der Waals surface area contributed by atoms with Gasteiger partial charge in [-0.2, -0.15) is 0 Å². The number of carboxylic acid groups (broad SMARTS) is 1. The highest BCUT2D eigenvalue weighted by Crippen LogP contribution is 2.12. The number of hydrogen-bond donors (Lipinski definition) is 1. The van der Waals surface area contributed by atoms with Crippen LogP contribution in [-0.4, -0.2) is 23.1 Å². The van der Waals surface area contributed by atoms with Crippen LogP contribution in [0.25, 0.3) is 0 Å². The summed E-state index contributed by atoms with van der Waals surface area (Å²) >= 11 is 0. The van der Waals surface area contributed by atoms with Gasteiger partial charge in [0.15, 0.2) is 0 Å². The zero-order valence-corrected chi connectivity index (χ0v) is 7.82. The Balaban J connectivity index is 4.21. The standard InChI is InChI=1S/C9H14O4/c1-4-7(9(11)12)6(3)13-8(10)5-2/h5-7H,2,4H2,1,3H3,(H,11,12). The minimum absolute atomic E-state index is 0.431. The summed E-state index contributed by atoms with van der Waals surface area (Å²) in [6, 6.07) is 0. The van der Waals surface area contributed by atoms with Gasteiger partial charge in [-0.15, -0.1) is 0 Å². The monoisotopic (exact) mass is 186 g/mol. The Morgan fingerprint density at radius 2 is 2.15 bits per heavy atom. The molecule has 0 amide bonds. The third-order valence-electron chi connectivity index (χ3n) is 1.79. The van der Waals surface area contributed by atoms with Gasteiger partial charge in [0.05, 0.1) is 5.92 Å². The van der Waals surface area contributed by atoms with Crippen molar-refractivity contribution in [3.8, 4) is 0 Å². The van der Waals surface area contributed by atoms with E-state index in [1.165, 1.54) is 0 Å². The third kappa shape index (κ3) is 3.73. The van der Waals surface area contributed by atoms with Crippen LogP contribution in [0, 0.1) is 5.92 Å². The van der Waals surface area contributed by atoms with E-state index in [0.29, 0.717) is 6.42 Å². The first kappa shape index (κ1) is 11.7. The Morgan fingerprint density at radius 1 is 1.62 bits per heavy atom. The van der Waals surface area contributed by atoms with Gasteiger partial charge < -0.3 is 9.84 Å². The van der Waals surface area contributed by atoms with Crippen LogP contribution in [0.2, 0.25) is 0 Å². The van der Waals surface area contributed by atoms with Crippen molar-refractivity contribution in [2.75, 3.05) is 0 Å². The Hall–Kier alpha value is -1.32. The molecule has 2 unspecified atom stereocenters. The summed E-state index contributed by atoms with van der Waals surface area (Å²) in [7, 11) is 0. The first-order valence-electron chi connectivity index (χ1n) is 4.08. The van der Waals surface area contributed by atoms with E-state index in [1.807, 2.05) is 0 Å². The Labute approximate surface area is 77.2 Å². The van der Waals surface area contributed by atoms with Crippen LogP contribution in [-0.2, 0) is 14.3 Å². The molecule has 0 fully saturated rings. The molecule has 0 aromatic rings. The normalized spacial score (nSPS) is 14.3. The Kier molecular flexibility index (Phi) is 4.80. The number of ether oxygens (including phenoxy) is 1. The van der Waals surface area contributed by atoms with Gasteiger partial charge in [-0.05, 0) is 13.3 Å². The summed E-state index contributed by atoms with van der Waals surface area (Å²) in [4.78, 5) is 21.4. The summed E-state index contributed by atoms with van der Waals surface area (Å²) in [5, 5.41) is 8.71. The summed E-state index contributed by atoms with van der Waals surface area (Å²) in [5.41, 5.74) is 0. The second-order valence-corrected chi connectivity index (χ2v) is 2.70. The first-order chi connectivity index (χ1) is 6.02. The van der Waals surface area contributed by atoms with Gasteiger partial charge in [0.2, 0.25) is 0 Å². The van der Waals surface area contributed by atoms with Crippen molar-refractivity contribution in [1.82, 2.24) is 0 Å². The van der Waals surface area contributed by atoms with E-state index < -0.39 is 24.0 Å². The molecule has 0 saturated heterocycles. The fourth-order valence-electron chi connectivity index (χ4n) is 1.02. The van der Waals surface area contributed by atoms with E-state index in [-0.39, 0.29) is 0 Å². The number of carboxylic acids is 1. The summed E-state index contributed by atoms with van der Waals surface area (Å²) in [6.07, 6.45) is 0.833. The number of carbonyl (C=O) groups is 2. The maximum Gasteiger partial charge on any atom is 0.330 e. The Morgan fingerprint density at radius 3 is 2.46 bits per heavy atom. The van der Waals surface area contributed by atoms with Crippen LogP contribution >= 0.6 is 0 Å². The van der Waals surface area contributed by atoms with Crippen molar-refractivity contribution in [1.29, 1.82) is 0 Å². The lowest BCUT2D eigenvalue weighted by molar-refractivity contribution is -0.154. The molecule has 0 aliphatic heterocycles. The van der Waals surface area contributed by atoms with E-state index in [4.69, 9.17) is 9.84 Å². The maximum atomic E-state index is 10.7. The Bertz CT molecular complexity index is 210. The van der Waals surface area contributed by atoms with Crippen LogP contribution in [0.5, 0.6) is 0 Å². The lowest BCUT2D eigenvalue weighted by atomic mass is 10.0. The topological polar surface area (TPSA) is 63.6 Å². The van der Waals surface area contributed by atoms with E-state index in [2.05, 4.69) is 6.58 Å². The van der Waals surface area contributed by atoms with Crippen molar-refractivity contribution in [2.24, 2.45) is 5.92 Å². The average Bonchev–Trinajstić information content (AvgIpc) is 2.04. The predicted octanol–water partition coefficient (Wildman–Crippen LogP) is 1.21. The van der Waals surface area contributed by atoms with Crippen molar-refractivity contribution >= 4 is 11.9 Å². The zero-order valence-electron chi connectivity index (χ0n) is 7.82. The molecule has 0 rings (SSSR count). The predicted molar refractivity (Wildman–Crippen MR) is 47.2 cm³/mol. The number of rotatable bonds is 5. The van der Waals surface area contributed by atoms with Crippen LogP contribution < -0.4 is 0 Å². The van der Waals surface area contributed by atoms with Crippen molar-refractivity contribution in [2.45, 2.75) is 26.4 Å². The molecule has 0 aromatic heterocycles. The van der Waals surface area contributed by atoms with Crippen molar-refractivity contribution < 1.29 is 19.4 Å². The highest BCUT2D eigenvalue weighted by atomic mass is 16.5. The lowest BCUT2D eigenvalue weighted by Gasteiger charge is -2.17. The molecular formula is C9H14O4. The molecule has 0 bridgehead atoms. The van der Waals surface area contributed by atoms with Crippen molar-refractivity contribution in [3.05, 3.63) is 12.7 Å². The molecule has 0 aliphatic carbocycles. The van der Waals surface area contributed by atoms with Gasteiger partial charge in [0.1, 0.15) is 6.10 Å². The fraction of sp³-hybridized carbons (Fsp3) is 0.556. The minimum atomic E-state index is -0.952. The molecule has 0 saturated carbocycles. The van der Waals surface area contributed by atoms with Crippen LogP contribution in [0.1, 0.15) is 20.3 Å². The fourth-order valence-corrected chi connectivity index (χ4v) is 1.02. The van der Waals surface area contributed by atoms with Gasteiger partial charge in [0.25, 0.3) is 0 Å². The van der Waals surface area contributed by atoms with Crippen molar-refractivity contribution in [3.63, 3.8) is 0 Å². The SMILES string of the molecule is C=CC(=O)OC(C)C(CC)C(=O)O. The maximum absolute atomic E-state index is 10.7. The van der Waals surface area contributed by atoms with Gasteiger partial charge in [-0.1, -0.05) is 13.5 Å². The molecule has 1 N–H and O–H groups in total. The third-order valence-corrected chi connectivity index (χ3v) is 1.79. The molecule has 0 aromatic carbocycles. The molecule has 74 valence electrons. The largest absolute Gasteiger partial charge is 0.481 e. The van der Waals surface area contributed by atoms with Gasteiger partial charge in [-0.3, -0.25) is 4.79 Å². The van der Waals surface area contributed by atoms with E-state index in [0.717, 1.165) is 6.08 Å². The first-order valence-corrected chi connectivity index (χ1v) is 4.08. The quantitative estimate of drug-likeness (QED) is 0.518. The lowest BCUT2D eigenvalue weighted by Crippen LogP contribution is -2.29. The summed E-state index contributed by atoms with van der Waals surface area (Å²) < 4.78 is 4.78. The van der Waals surface area contributed by atoms with E-state index >= 15 is 0 Å². The number of esters is 1. The molecule has 0 radical (unpaired) electrons. The molecule has 0 spiro atoms. The molecule has 2 atom stereocenters. The average molecular weight is 186 g/mol. The van der Waals surface area contributed by atoms with Crippen LogP contribution in [0.4, 0.5) is 0 Å². The molecule has 4 heteroatoms. The summed E-state index contributed by atoms with van der Waals surface area (Å²) in [5.74, 6) is -2.19. The van der Waals surface area contributed by atoms with E-state index in [9.17, 15) is 9.59 Å². The second-order valence-electron chi connectivity index (χ2n) is 2.70. The highest BCUT2D eigenvalue weighted by molar-refractivity contribution is 5.81. The van der Waals surface area contributed by atoms with Gasteiger partial charge in [0, 0.05) is 6.08 Å². The minimum Gasteiger partial charge on any atom is -0.481 e. The smallest absolute Gasteiger partial charge is 0.330 e. The highest BCUT2D eigenvalue weighted by Gasteiger charge is 2.24. The van der Waals surface area contributed by atoms with Crippen LogP contribution in [0.15, 0.2) is 12.7 Å². The molecule has 0 heterocycles. The number of aliphatic carboxylic acids is 1. The second kappa shape index (κ2) is 5.35. The zero-order chi connectivity index (χ0) is 10.4. The van der Waals surface area contributed by atoms with Crippen LogP contribution in [0.3, 0.4) is 0 Å².